The molecule has 0 spiro atoms. The molecule has 0 heterocycles. The molecule has 0 N–H and O–H groups in total. The average Bonchev–Trinajstić information content (AvgIpc) is 2.19. The summed E-state index contributed by atoms with van der Waals surface area (Å²) in [5.74, 6) is 0. The summed E-state index contributed by atoms with van der Waals surface area (Å²) in [7, 11) is 1.65. The van der Waals surface area contributed by atoms with Crippen LogP contribution in [0.25, 0.3) is 0 Å². The van der Waals surface area contributed by atoms with E-state index in [2.05, 4.69) is 29.2 Å². The van der Waals surface area contributed by atoms with Crippen molar-refractivity contribution in [3.8, 4) is 0 Å². The summed E-state index contributed by atoms with van der Waals surface area (Å²) in [6.07, 6.45) is 5.57. The Hall–Kier alpha value is -0.981. The fourth-order valence-corrected chi connectivity index (χ4v) is 2.13. The Morgan fingerprint density at radius 2 is 1.92 bits per heavy atom. The van der Waals surface area contributed by atoms with Gasteiger partial charge in [0.1, 0.15) is 0 Å². The van der Waals surface area contributed by atoms with Gasteiger partial charge in [0.25, 0.3) is 0 Å². The molecular formula is C11H12OSe. The standard InChI is InChI=1S/C11H12OSe/c1-12-9-5-6-10-13-11-7-3-2-4-8-11/h2-10H,1H3/b9-5+,10-6+. The molecule has 1 rings (SSSR count). The van der Waals surface area contributed by atoms with Crippen molar-refractivity contribution in [3.63, 3.8) is 0 Å². The fraction of sp³-hybridized carbons (Fsp3) is 0.0909. The van der Waals surface area contributed by atoms with Gasteiger partial charge in [-0.25, -0.2) is 0 Å². The third-order valence-corrected chi connectivity index (χ3v) is 3.11. The maximum absolute atomic E-state index is 4.77. The molecule has 68 valence electrons. The first-order chi connectivity index (χ1) is 6.43. The van der Waals surface area contributed by atoms with Crippen LogP contribution in [-0.2, 0) is 4.74 Å². The Labute approximate surface area is 85.3 Å². The van der Waals surface area contributed by atoms with Gasteiger partial charge in [-0.1, -0.05) is 0 Å². The number of hydrogen-bond donors (Lipinski definition) is 0. The van der Waals surface area contributed by atoms with Crippen LogP contribution in [0, 0.1) is 0 Å². The van der Waals surface area contributed by atoms with E-state index < -0.39 is 0 Å². The molecule has 13 heavy (non-hydrogen) atoms. The summed E-state index contributed by atoms with van der Waals surface area (Å²) in [6.45, 7) is 0. The molecule has 0 saturated carbocycles. The van der Waals surface area contributed by atoms with Crippen LogP contribution < -0.4 is 4.46 Å². The summed E-state index contributed by atoms with van der Waals surface area (Å²) >= 11 is 0.430. The Bertz CT molecular complexity index is 277. The van der Waals surface area contributed by atoms with Gasteiger partial charge in [0.05, 0.1) is 0 Å². The zero-order valence-electron chi connectivity index (χ0n) is 7.51. The molecule has 0 fully saturated rings. The second kappa shape index (κ2) is 6.53. The number of hydrogen-bond acceptors (Lipinski definition) is 1. The molecule has 0 aliphatic heterocycles. The number of benzene rings is 1. The van der Waals surface area contributed by atoms with Crippen molar-refractivity contribution in [1.29, 1.82) is 0 Å². The van der Waals surface area contributed by atoms with Crippen LogP contribution in [0.15, 0.2) is 53.7 Å². The Morgan fingerprint density at radius 3 is 2.62 bits per heavy atom. The van der Waals surface area contributed by atoms with Crippen LogP contribution in [0.4, 0.5) is 0 Å². The van der Waals surface area contributed by atoms with E-state index in [9.17, 15) is 0 Å². The molecular weight excluding hydrogens is 227 g/mol. The first kappa shape index (κ1) is 10.1. The van der Waals surface area contributed by atoms with Crippen LogP contribution in [0.5, 0.6) is 0 Å². The molecule has 0 radical (unpaired) electrons. The van der Waals surface area contributed by atoms with Crippen LogP contribution in [0.1, 0.15) is 0 Å². The Morgan fingerprint density at radius 1 is 1.15 bits per heavy atom. The van der Waals surface area contributed by atoms with Crippen LogP contribution >= 0.6 is 0 Å². The van der Waals surface area contributed by atoms with E-state index in [1.165, 1.54) is 4.46 Å². The van der Waals surface area contributed by atoms with Crippen molar-refractivity contribution < 1.29 is 4.74 Å². The predicted molar refractivity (Wildman–Crippen MR) is 57.1 cm³/mol. The number of methoxy groups -OCH3 is 1. The zero-order valence-corrected chi connectivity index (χ0v) is 9.23. The average molecular weight is 239 g/mol. The topological polar surface area (TPSA) is 9.23 Å². The van der Waals surface area contributed by atoms with Gasteiger partial charge in [0, 0.05) is 0 Å². The molecule has 0 amide bonds. The zero-order chi connectivity index (χ0) is 9.36. The van der Waals surface area contributed by atoms with E-state index in [1.54, 1.807) is 13.4 Å². The van der Waals surface area contributed by atoms with Gasteiger partial charge in [-0.3, -0.25) is 0 Å². The number of rotatable bonds is 4. The summed E-state index contributed by atoms with van der Waals surface area (Å²) < 4.78 is 6.16. The fourth-order valence-electron chi connectivity index (χ4n) is 0.786. The summed E-state index contributed by atoms with van der Waals surface area (Å²) in [5.41, 5.74) is 0. The van der Waals surface area contributed by atoms with Crippen molar-refractivity contribution in [3.05, 3.63) is 53.7 Å². The molecule has 0 aromatic heterocycles. The second-order valence-electron chi connectivity index (χ2n) is 2.32. The minimum absolute atomic E-state index is 0.430. The third kappa shape index (κ3) is 4.56. The first-order valence-electron chi connectivity index (χ1n) is 3.99. The van der Waals surface area contributed by atoms with Gasteiger partial charge in [-0.2, -0.15) is 0 Å². The summed E-state index contributed by atoms with van der Waals surface area (Å²) in [5, 5.41) is 0. The quantitative estimate of drug-likeness (QED) is 0.441. The van der Waals surface area contributed by atoms with Crippen LogP contribution in [0.3, 0.4) is 0 Å². The molecule has 0 saturated heterocycles. The van der Waals surface area contributed by atoms with E-state index in [0.717, 1.165) is 0 Å². The Balaban J connectivity index is 2.35. The van der Waals surface area contributed by atoms with E-state index in [4.69, 9.17) is 4.74 Å². The second-order valence-corrected chi connectivity index (χ2v) is 4.38. The summed E-state index contributed by atoms with van der Waals surface area (Å²) in [6, 6.07) is 10.5. The van der Waals surface area contributed by atoms with Gasteiger partial charge >= 0.3 is 85.0 Å². The first-order valence-corrected chi connectivity index (χ1v) is 5.84. The van der Waals surface area contributed by atoms with Crippen molar-refractivity contribution in [1.82, 2.24) is 0 Å². The minimum atomic E-state index is 0.430. The molecule has 1 aromatic rings. The molecule has 0 bridgehead atoms. The molecule has 1 nitrogen and oxygen atoms in total. The van der Waals surface area contributed by atoms with E-state index in [1.807, 2.05) is 18.2 Å². The third-order valence-electron chi connectivity index (χ3n) is 1.35. The predicted octanol–water partition coefficient (Wildman–Crippen LogP) is 1.69. The SMILES string of the molecule is CO/C=C/C=C/[Se]c1ccccc1. The summed E-state index contributed by atoms with van der Waals surface area (Å²) in [4.78, 5) is 2.16. The van der Waals surface area contributed by atoms with Crippen molar-refractivity contribution in [2.45, 2.75) is 0 Å². The number of ether oxygens (including phenoxy) is 1. The Kier molecular flexibility index (Phi) is 5.07. The molecule has 2 heteroatoms. The molecule has 1 aromatic carbocycles. The van der Waals surface area contributed by atoms with Crippen molar-refractivity contribution >= 4 is 19.4 Å². The van der Waals surface area contributed by atoms with Gasteiger partial charge in [0.15, 0.2) is 0 Å². The van der Waals surface area contributed by atoms with E-state index in [0.29, 0.717) is 15.0 Å². The van der Waals surface area contributed by atoms with Crippen LogP contribution in [0.2, 0.25) is 0 Å². The van der Waals surface area contributed by atoms with Crippen molar-refractivity contribution in [2.24, 2.45) is 0 Å². The van der Waals surface area contributed by atoms with Crippen molar-refractivity contribution in [2.75, 3.05) is 7.11 Å². The normalized spacial score (nSPS) is 11.2. The van der Waals surface area contributed by atoms with Gasteiger partial charge in [0.2, 0.25) is 0 Å². The maximum atomic E-state index is 4.77. The van der Waals surface area contributed by atoms with E-state index >= 15 is 0 Å². The number of allylic oxidation sites excluding steroid dienone is 2. The monoisotopic (exact) mass is 240 g/mol. The van der Waals surface area contributed by atoms with Gasteiger partial charge in [-0.15, -0.1) is 0 Å². The van der Waals surface area contributed by atoms with Gasteiger partial charge in [-0.05, 0) is 0 Å². The molecule has 0 atom stereocenters. The molecule has 0 unspecified atom stereocenters. The van der Waals surface area contributed by atoms with E-state index in [-0.39, 0.29) is 0 Å². The molecule has 0 aliphatic carbocycles. The molecule has 0 aliphatic rings. The van der Waals surface area contributed by atoms with Crippen LogP contribution in [-0.4, -0.2) is 22.1 Å². The van der Waals surface area contributed by atoms with Gasteiger partial charge < -0.3 is 0 Å².